The lowest BCUT2D eigenvalue weighted by Crippen LogP contribution is -2.25. The van der Waals surface area contributed by atoms with Crippen molar-refractivity contribution in [1.82, 2.24) is 0 Å². The molecule has 2 amide bonds. The minimum absolute atomic E-state index is 0.141. The Bertz CT molecular complexity index is 1400. The van der Waals surface area contributed by atoms with Gasteiger partial charge in [0.2, 0.25) is 5.91 Å². The van der Waals surface area contributed by atoms with Crippen molar-refractivity contribution in [3.63, 3.8) is 0 Å². The molecule has 37 heavy (non-hydrogen) atoms. The van der Waals surface area contributed by atoms with Crippen molar-refractivity contribution in [2.45, 2.75) is 37.3 Å². The lowest BCUT2D eigenvalue weighted by Gasteiger charge is -2.17. The molecule has 6 nitrogen and oxygen atoms in total. The van der Waals surface area contributed by atoms with E-state index in [9.17, 15) is 19.5 Å². The predicted molar refractivity (Wildman–Crippen MR) is 152 cm³/mol. The third-order valence-corrected chi connectivity index (χ3v) is 8.54. The Morgan fingerprint density at radius 3 is 2.14 bits per heavy atom. The number of carbonyl (C=O) groups excluding carboxylic acids is 2. The zero-order valence-corrected chi connectivity index (χ0v) is 23.8. The lowest BCUT2D eigenvalue weighted by molar-refractivity contribution is -0.115. The van der Waals surface area contributed by atoms with Crippen LogP contribution in [-0.2, 0) is 4.79 Å². The number of carboxylic acid groups (broad SMARTS) is 1. The highest BCUT2D eigenvalue weighted by Gasteiger charge is 2.29. The number of hydrogen-bond donors (Lipinski definition) is 3. The van der Waals surface area contributed by atoms with Gasteiger partial charge in [-0.25, -0.2) is 4.79 Å². The average Bonchev–Trinajstić information content (AvgIpc) is 2.84. The van der Waals surface area contributed by atoms with Crippen LogP contribution in [0.3, 0.4) is 0 Å². The molecule has 0 aliphatic heterocycles. The Kier molecular flexibility index (Phi) is 9.78. The van der Waals surface area contributed by atoms with Crippen molar-refractivity contribution < 1.29 is 19.5 Å². The van der Waals surface area contributed by atoms with E-state index in [-0.39, 0.29) is 21.0 Å². The van der Waals surface area contributed by atoms with E-state index in [2.05, 4.69) is 10.6 Å². The van der Waals surface area contributed by atoms with Gasteiger partial charge in [-0.2, -0.15) is 0 Å². The zero-order valence-electron chi connectivity index (χ0n) is 19.9. The first-order valence-corrected chi connectivity index (χ1v) is 13.4. The maximum Gasteiger partial charge on any atom is 0.338 e. The molecule has 0 bridgehead atoms. The van der Waals surface area contributed by atoms with Crippen molar-refractivity contribution in [1.29, 1.82) is 0 Å². The fourth-order valence-electron chi connectivity index (χ4n) is 3.54. The summed E-state index contributed by atoms with van der Waals surface area (Å²) in [6.45, 7) is 5.84. The van der Waals surface area contributed by atoms with Crippen LogP contribution in [-0.4, -0.2) is 28.1 Å². The van der Waals surface area contributed by atoms with E-state index in [0.29, 0.717) is 12.1 Å². The zero-order chi connectivity index (χ0) is 27.4. The highest BCUT2D eigenvalue weighted by Crippen LogP contribution is 2.42. The van der Waals surface area contributed by atoms with Gasteiger partial charge >= 0.3 is 5.97 Å². The number of carbonyl (C=O) groups is 3. The van der Waals surface area contributed by atoms with Gasteiger partial charge in [-0.05, 0) is 50.1 Å². The number of carboxylic acids is 1. The third-order valence-electron chi connectivity index (χ3n) is 5.38. The molecule has 0 saturated heterocycles. The SMILES string of the molecule is CCC(Sc1cccc(NC(=O)c2c(Cl)c(Cl)c(Cl)c(Cl)c2C(=O)O)c1)C(=O)Nc1ccc(C)cc1C. The van der Waals surface area contributed by atoms with Crippen molar-refractivity contribution >= 4 is 87.3 Å². The van der Waals surface area contributed by atoms with Gasteiger partial charge in [0, 0.05) is 16.3 Å². The van der Waals surface area contributed by atoms with Gasteiger partial charge in [-0.1, -0.05) is 77.1 Å². The molecule has 194 valence electrons. The summed E-state index contributed by atoms with van der Waals surface area (Å²) in [7, 11) is 0. The van der Waals surface area contributed by atoms with E-state index in [0.717, 1.165) is 21.7 Å². The van der Waals surface area contributed by atoms with E-state index >= 15 is 0 Å². The van der Waals surface area contributed by atoms with Crippen molar-refractivity contribution in [3.8, 4) is 0 Å². The fourth-order valence-corrected chi connectivity index (χ4v) is 5.57. The van der Waals surface area contributed by atoms with Crippen LogP contribution >= 0.6 is 58.2 Å². The monoisotopic (exact) mass is 598 g/mol. The molecule has 11 heteroatoms. The maximum absolute atomic E-state index is 13.0. The van der Waals surface area contributed by atoms with Crippen LogP contribution in [0.1, 0.15) is 45.2 Å². The molecule has 3 aromatic carbocycles. The number of nitrogens with one attached hydrogen (secondary N) is 2. The molecule has 3 aromatic rings. The summed E-state index contributed by atoms with van der Waals surface area (Å²) in [5, 5.41) is 13.6. The Morgan fingerprint density at radius 1 is 0.892 bits per heavy atom. The summed E-state index contributed by atoms with van der Waals surface area (Å²) in [4.78, 5) is 38.5. The Balaban J connectivity index is 1.81. The number of aryl methyl sites for hydroxylation is 2. The summed E-state index contributed by atoms with van der Waals surface area (Å²) in [6.07, 6.45) is 0.567. The summed E-state index contributed by atoms with van der Waals surface area (Å²) < 4.78 is 0. The minimum atomic E-state index is -1.49. The highest BCUT2D eigenvalue weighted by molar-refractivity contribution is 8.00. The van der Waals surface area contributed by atoms with Gasteiger partial charge in [-0.15, -0.1) is 11.8 Å². The second-order valence-corrected chi connectivity index (χ2v) is 10.9. The van der Waals surface area contributed by atoms with E-state index in [4.69, 9.17) is 46.4 Å². The van der Waals surface area contributed by atoms with E-state index in [1.165, 1.54) is 11.8 Å². The Labute approximate surface area is 238 Å². The number of aromatic carboxylic acids is 1. The number of thioether (sulfide) groups is 1. The molecule has 3 rings (SSSR count). The molecule has 0 fully saturated rings. The largest absolute Gasteiger partial charge is 0.478 e. The number of halogens is 4. The van der Waals surface area contributed by atoms with Crippen LogP contribution in [0.15, 0.2) is 47.4 Å². The minimum Gasteiger partial charge on any atom is -0.478 e. The number of anilines is 2. The van der Waals surface area contributed by atoms with Crippen molar-refractivity contribution in [2.75, 3.05) is 10.6 Å². The van der Waals surface area contributed by atoms with E-state index in [1.54, 1.807) is 24.3 Å². The average molecular weight is 600 g/mol. The van der Waals surface area contributed by atoms with Gasteiger partial charge < -0.3 is 15.7 Å². The normalized spacial score (nSPS) is 11.6. The topological polar surface area (TPSA) is 95.5 Å². The smallest absolute Gasteiger partial charge is 0.338 e. The molecular weight excluding hydrogens is 578 g/mol. The van der Waals surface area contributed by atoms with Gasteiger partial charge in [0.05, 0.1) is 36.5 Å². The van der Waals surface area contributed by atoms with Crippen LogP contribution in [0.25, 0.3) is 0 Å². The van der Waals surface area contributed by atoms with Gasteiger partial charge in [0.25, 0.3) is 5.91 Å². The maximum atomic E-state index is 13.0. The molecule has 0 saturated carbocycles. The summed E-state index contributed by atoms with van der Waals surface area (Å²) in [5.41, 5.74) is 2.22. The third kappa shape index (κ3) is 6.72. The molecule has 0 aliphatic carbocycles. The number of hydrogen-bond acceptors (Lipinski definition) is 4. The summed E-state index contributed by atoms with van der Waals surface area (Å²) in [5.74, 6) is -2.46. The van der Waals surface area contributed by atoms with Crippen molar-refractivity contribution in [3.05, 3.63) is 84.8 Å². The van der Waals surface area contributed by atoms with Gasteiger partial charge in [-0.3, -0.25) is 9.59 Å². The van der Waals surface area contributed by atoms with E-state index < -0.39 is 33.3 Å². The van der Waals surface area contributed by atoms with Crippen molar-refractivity contribution in [2.24, 2.45) is 0 Å². The van der Waals surface area contributed by atoms with Gasteiger partial charge in [0.1, 0.15) is 0 Å². The molecule has 0 spiro atoms. The summed E-state index contributed by atoms with van der Waals surface area (Å²) in [6, 6.07) is 12.6. The van der Waals surface area contributed by atoms with Crippen LogP contribution in [0.5, 0.6) is 0 Å². The molecule has 0 radical (unpaired) electrons. The molecule has 1 atom stereocenters. The predicted octanol–water partition coefficient (Wildman–Crippen LogP) is 8.38. The molecule has 0 heterocycles. The summed E-state index contributed by atoms with van der Waals surface area (Å²) >= 11 is 25.6. The second-order valence-electron chi connectivity index (χ2n) is 8.12. The first-order chi connectivity index (χ1) is 17.4. The first-order valence-electron chi connectivity index (χ1n) is 11.0. The standard InChI is InChI=1S/C26H22Cl4N2O4S/c1-4-17(24(33)32-16-9-8-12(2)10-13(16)3)37-15-7-5-6-14(11-15)31-25(34)18-19(26(35)36)21(28)23(30)22(29)20(18)27/h5-11,17H,4H2,1-3H3,(H,31,34)(H,32,33)(H,35,36). The van der Waals surface area contributed by atoms with Crippen LogP contribution in [0.2, 0.25) is 20.1 Å². The number of benzene rings is 3. The highest BCUT2D eigenvalue weighted by atomic mass is 35.5. The lowest BCUT2D eigenvalue weighted by atomic mass is 10.1. The molecule has 0 aromatic heterocycles. The molecular formula is C26H22Cl4N2O4S. The second kappa shape index (κ2) is 12.4. The van der Waals surface area contributed by atoms with E-state index in [1.807, 2.05) is 39.0 Å². The Morgan fingerprint density at radius 2 is 1.54 bits per heavy atom. The Hall–Kier alpha value is -2.42. The molecule has 3 N–H and O–H groups in total. The molecule has 0 aliphatic rings. The first kappa shape index (κ1) is 29.1. The number of rotatable bonds is 8. The van der Waals surface area contributed by atoms with Crippen LogP contribution in [0.4, 0.5) is 11.4 Å². The van der Waals surface area contributed by atoms with Crippen LogP contribution in [0, 0.1) is 13.8 Å². The fraction of sp³-hybridized carbons (Fsp3) is 0.192. The number of amides is 2. The molecule has 1 unspecified atom stereocenters. The van der Waals surface area contributed by atoms with Gasteiger partial charge in [0.15, 0.2) is 0 Å². The quantitative estimate of drug-likeness (QED) is 0.137. The van der Waals surface area contributed by atoms with Crippen LogP contribution < -0.4 is 10.6 Å².